The third kappa shape index (κ3) is 2.12. The third-order valence-electron chi connectivity index (χ3n) is 5.65. The highest BCUT2D eigenvalue weighted by molar-refractivity contribution is 9.10. The second-order valence-corrected chi connectivity index (χ2v) is 7.93. The SMILES string of the molecule is O=C(NCC12CC3CC(CC(C3)C1)C2)c1ccoc1Br. The number of carbonyl (C=O) groups excluding carboxylic acids is 1. The van der Waals surface area contributed by atoms with Gasteiger partial charge in [0.05, 0.1) is 11.8 Å². The van der Waals surface area contributed by atoms with E-state index in [2.05, 4.69) is 21.2 Å². The van der Waals surface area contributed by atoms with Crippen molar-refractivity contribution in [3.63, 3.8) is 0 Å². The van der Waals surface area contributed by atoms with E-state index in [9.17, 15) is 4.79 Å². The van der Waals surface area contributed by atoms with Gasteiger partial charge in [-0.2, -0.15) is 0 Å². The molecule has 1 aromatic rings. The summed E-state index contributed by atoms with van der Waals surface area (Å²) in [4.78, 5) is 12.2. The molecular formula is C16H20BrNO2. The van der Waals surface area contributed by atoms with Crippen molar-refractivity contribution in [1.29, 1.82) is 0 Å². The van der Waals surface area contributed by atoms with E-state index in [0.29, 0.717) is 15.6 Å². The van der Waals surface area contributed by atoms with Crippen molar-refractivity contribution in [1.82, 2.24) is 5.32 Å². The molecule has 0 spiro atoms. The van der Waals surface area contributed by atoms with Crippen LogP contribution in [0.15, 0.2) is 21.4 Å². The topological polar surface area (TPSA) is 42.2 Å². The van der Waals surface area contributed by atoms with Crippen LogP contribution in [0.25, 0.3) is 0 Å². The Morgan fingerprint density at radius 2 is 1.85 bits per heavy atom. The lowest BCUT2D eigenvalue weighted by Gasteiger charge is -2.56. The highest BCUT2D eigenvalue weighted by atomic mass is 79.9. The van der Waals surface area contributed by atoms with E-state index in [-0.39, 0.29) is 5.91 Å². The van der Waals surface area contributed by atoms with Crippen LogP contribution in [0.3, 0.4) is 0 Å². The van der Waals surface area contributed by atoms with Crippen LogP contribution in [-0.2, 0) is 0 Å². The van der Waals surface area contributed by atoms with Crippen LogP contribution in [0.1, 0.15) is 48.9 Å². The van der Waals surface area contributed by atoms with Gasteiger partial charge < -0.3 is 9.73 Å². The molecule has 0 unspecified atom stereocenters. The standard InChI is InChI=1S/C16H20BrNO2/c17-14-13(1-2-20-14)15(19)18-9-16-6-10-3-11(7-16)5-12(4-10)8-16/h1-2,10-12H,3-9H2,(H,18,19). The lowest BCUT2D eigenvalue weighted by atomic mass is 9.49. The van der Waals surface area contributed by atoms with Crippen molar-refractivity contribution in [3.05, 3.63) is 22.6 Å². The van der Waals surface area contributed by atoms with Crippen molar-refractivity contribution < 1.29 is 9.21 Å². The van der Waals surface area contributed by atoms with Gasteiger partial charge in [-0.15, -0.1) is 0 Å². The van der Waals surface area contributed by atoms with Crippen LogP contribution in [0.5, 0.6) is 0 Å². The van der Waals surface area contributed by atoms with Crippen LogP contribution in [-0.4, -0.2) is 12.5 Å². The molecule has 4 saturated carbocycles. The van der Waals surface area contributed by atoms with E-state index < -0.39 is 0 Å². The van der Waals surface area contributed by atoms with Crippen molar-refractivity contribution in [2.45, 2.75) is 38.5 Å². The smallest absolute Gasteiger partial charge is 0.255 e. The third-order valence-corrected chi connectivity index (χ3v) is 6.27. The van der Waals surface area contributed by atoms with E-state index in [1.54, 1.807) is 12.3 Å². The fourth-order valence-corrected chi connectivity index (χ4v) is 5.75. The second-order valence-electron chi connectivity index (χ2n) is 7.21. The molecule has 0 aliphatic heterocycles. The average molecular weight is 338 g/mol. The van der Waals surface area contributed by atoms with Gasteiger partial charge >= 0.3 is 0 Å². The normalized spacial score (nSPS) is 38.1. The van der Waals surface area contributed by atoms with Gasteiger partial charge in [0.15, 0.2) is 4.67 Å². The number of furan rings is 1. The van der Waals surface area contributed by atoms with Crippen LogP contribution < -0.4 is 5.32 Å². The van der Waals surface area contributed by atoms with Crippen LogP contribution in [0, 0.1) is 23.2 Å². The number of carbonyl (C=O) groups is 1. The maximum absolute atomic E-state index is 12.2. The first kappa shape index (κ1) is 12.9. The van der Waals surface area contributed by atoms with Crippen molar-refractivity contribution in [2.75, 3.05) is 6.54 Å². The molecule has 4 aliphatic rings. The Balaban J connectivity index is 1.45. The number of rotatable bonds is 3. The quantitative estimate of drug-likeness (QED) is 0.906. The Kier molecular flexibility index (Phi) is 2.99. The Bertz CT molecular complexity index is 501. The molecular weight excluding hydrogens is 318 g/mol. The second kappa shape index (κ2) is 4.62. The molecule has 1 aromatic heterocycles. The van der Waals surface area contributed by atoms with Gasteiger partial charge in [-0.25, -0.2) is 0 Å². The molecule has 20 heavy (non-hydrogen) atoms. The molecule has 4 heteroatoms. The molecule has 4 bridgehead atoms. The molecule has 4 aliphatic carbocycles. The predicted molar refractivity (Wildman–Crippen MR) is 79.3 cm³/mol. The predicted octanol–water partition coefficient (Wildman–Crippen LogP) is 3.99. The van der Waals surface area contributed by atoms with Crippen molar-refractivity contribution in [3.8, 4) is 0 Å². The minimum atomic E-state index is -0.0126. The van der Waals surface area contributed by atoms with Gasteiger partial charge in [0.1, 0.15) is 0 Å². The first-order chi connectivity index (χ1) is 9.63. The summed E-state index contributed by atoms with van der Waals surface area (Å²) in [6.45, 7) is 0.840. The molecule has 1 heterocycles. The number of hydrogen-bond donors (Lipinski definition) is 1. The van der Waals surface area contributed by atoms with E-state index in [1.807, 2.05) is 0 Å². The average Bonchev–Trinajstić information content (AvgIpc) is 2.81. The first-order valence-electron chi connectivity index (χ1n) is 7.65. The van der Waals surface area contributed by atoms with Gasteiger partial charge in [0, 0.05) is 6.54 Å². The monoisotopic (exact) mass is 337 g/mol. The Labute approximate surface area is 127 Å². The minimum absolute atomic E-state index is 0.0126. The zero-order valence-electron chi connectivity index (χ0n) is 11.5. The van der Waals surface area contributed by atoms with Gasteiger partial charge in [0.2, 0.25) is 0 Å². The maximum atomic E-state index is 12.2. The van der Waals surface area contributed by atoms with Crippen LogP contribution in [0.2, 0.25) is 0 Å². The summed E-state index contributed by atoms with van der Waals surface area (Å²) in [5, 5.41) is 3.15. The van der Waals surface area contributed by atoms with E-state index >= 15 is 0 Å². The van der Waals surface area contributed by atoms with Gasteiger partial charge in [-0.05, 0) is 83.7 Å². The van der Waals surface area contributed by atoms with Crippen molar-refractivity contribution in [2.24, 2.45) is 23.2 Å². The highest BCUT2D eigenvalue weighted by Crippen LogP contribution is 2.59. The Morgan fingerprint density at radius 3 is 2.35 bits per heavy atom. The summed E-state index contributed by atoms with van der Waals surface area (Å²) >= 11 is 3.27. The zero-order chi connectivity index (χ0) is 13.7. The minimum Gasteiger partial charge on any atom is -0.457 e. The fourth-order valence-electron chi connectivity index (χ4n) is 5.33. The van der Waals surface area contributed by atoms with Crippen LogP contribution >= 0.6 is 15.9 Å². The van der Waals surface area contributed by atoms with Gasteiger partial charge in [-0.1, -0.05) is 0 Å². The highest BCUT2D eigenvalue weighted by Gasteiger charge is 2.50. The molecule has 108 valence electrons. The number of halogens is 1. The number of amides is 1. The Morgan fingerprint density at radius 1 is 1.25 bits per heavy atom. The Hall–Kier alpha value is -0.770. The number of hydrogen-bond acceptors (Lipinski definition) is 2. The molecule has 4 fully saturated rings. The summed E-state index contributed by atoms with van der Waals surface area (Å²) in [7, 11) is 0. The van der Waals surface area contributed by atoms with Gasteiger partial charge in [-0.3, -0.25) is 4.79 Å². The van der Waals surface area contributed by atoms with Crippen molar-refractivity contribution >= 4 is 21.8 Å². The zero-order valence-corrected chi connectivity index (χ0v) is 13.1. The molecule has 0 aromatic carbocycles. The van der Waals surface area contributed by atoms with E-state index in [0.717, 1.165) is 24.3 Å². The van der Waals surface area contributed by atoms with Gasteiger partial charge in [0.25, 0.3) is 5.91 Å². The maximum Gasteiger partial charge on any atom is 0.255 e. The summed E-state index contributed by atoms with van der Waals surface area (Å²) < 4.78 is 5.67. The molecule has 0 saturated heterocycles. The first-order valence-corrected chi connectivity index (χ1v) is 8.44. The van der Waals surface area contributed by atoms with Crippen LogP contribution in [0.4, 0.5) is 0 Å². The molecule has 3 nitrogen and oxygen atoms in total. The lowest BCUT2D eigenvalue weighted by molar-refractivity contribution is -0.0503. The lowest BCUT2D eigenvalue weighted by Crippen LogP contribution is -2.51. The van der Waals surface area contributed by atoms with E-state index in [1.165, 1.54) is 38.5 Å². The summed E-state index contributed by atoms with van der Waals surface area (Å²) in [5.74, 6) is 2.78. The summed E-state index contributed by atoms with van der Waals surface area (Å²) in [6.07, 6.45) is 9.86. The summed E-state index contributed by atoms with van der Waals surface area (Å²) in [6, 6.07) is 1.72. The fraction of sp³-hybridized carbons (Fsp3) is 0.688. The molecule has 0 atom stereocenters. The molecule has 5 rings (SSSR count). The summed E-state index contributed by atoms with van der Waals surface area (Å²) in [5.41, 5.74) is 0.996. The molecule has 1 N–H and O–H groups in total. The number of nitrogens with one attached hydrogen (secondary N) is 1. The largest absolute Gasteiger partial charge is 0.457 e. The van der Waals surface area contributed by atoms with E-state index in [4.69, 9.17) is 4.42 Å². The molecule has 1 amide bonds. The molecule has 0 radical (unpaired) electrons.